The van der Waals surface area contributed by atoms with Gasteiger partial charge in [0.1, 0.15) is 0 Å². The molecule has 4 heteroatoms. The van der Waals surface area contributed by atoms with E-state index in [4.69, 9.17) is 4.74 Å². The average molecular weight is 416 g/mol. The van der Waals surface area contributed by atoms with Gasteiger partial charge in [0.2, 0.25) is 0 Å². The molecule has 3 rings (SSSR count). The number of carbonyl (C=O) groups is 2. The van der Waals surface area contributed by atoms with Gasteiger partial charge in [-0.2, -0.15) is 0 Å². The Kier molecular flexibility index (Phi) is 7.99. The normalized spacial score (nSPS) is 12.6. The molecule has 3 aromatic rings. The van der Waals surface area contributed by atoms with Gasteiger partial charge < -0.3 is 10.1 Å². The van der Waals surface area contributed by atoms with Crippen molar-refractivity contribution >= 4 is 11.9 Å². The molecule has 160 valence electrons. The van der Waals surface area contributed by atoms with Crippen molar-refractivity contribution < 1.29 is 14.3 Å². The molecule has 0 unspecified atom stereocenters. The third-order valence-electron chi connectivity index (χ3n) is 5.24. The summed E-state index contributed by atoms with van der Waals surface area (Å²) in [7, 11) is 0. The third kappa shape index (κ3) is 6.54. The lowest BCUT2D eigenvalue weighted by molar-refractivity contribution is -0.147. The van der Waals surface area contributed by atoms with Crippen LogP contribution in [0.4, 0.5) is 0 Å². The molecule has 0 aliphatic rings. The van der Waals surface area contributed by atoms with Gasteiger partial charge in [-0.05, 0) is 48.6 Å². The number of rotatable bonds is 9. The van der Waals surface area contributed by atoms with E-state index in [9.17, 15) is 9.59 Å². The second-order valence-corrected chi connectivity index (χ2v) is 7.69. The maximum atomic E-state index is 12.7. The standard InChI is InChI=1S/C27H29NO3/c1-3-31-27(30)20(2)18-25(28-26(29)24-12-8-5-9-13-24)19-21-14-16-23(17-15-21)22-10-6-4-7-11-22/h4-17,20,25H,3,18-19H2,1-2H3,(H,28,29)/t20-,25+/m1/s1. The summed E-state index contributed by atoms with van der Waals surface area (Å²) in [6.07, 6.45) is 1.15. The molecule has 0 aliphatic heterocycles. The highest BCUT2D eigenvalue weighted by atomic mass is 16.5. The highest BCUT2D eigenvalue weighted by molar-refractivity contribution is 5.94. The molecular formula is C27H29NO3. The first-order valence-electron chi connectivity index (χ1n) is 10.7. The van der Waals surface area contributed by atoms with Crippen molar-refractivity contribution in [1.82, 2.24) is 5.32 Å². The van der Waals surface area contributed by atoms with Crippen LogP contribution in [0.1, 0.15) is 36.2 Å². The summed E-state index contributed by atoms with van der Waals surface area (Å²) in [4.78, 5) is 24.9. The fourth-order valence-corrected chi connectivity index (χ4v) is 3.61. The van der Waals surface area contributed by atoms with Crippen LogP contribution in [0.3, 0.4) is 0 Å². The number of esters is 1. The Morgan fingerprint density at radius 1 is 0.839 bits per heavy atom. The first-order chi connectivity index (χ1) is 15.1. The summed E-state index contributed by atoms with van der Waals surface area (Å²) in [5.74, 6) is -0.673. The van der Waals surface area contributed by atoms with E-state index in [1.165, 1.54) is 5.56 Å². The van der Waals surface area contributed by atoms with Gasteiger partial charge in [-0.1, -0.05) is 79.7 Å². The number of ether oxygens (including phenoxy) is 1. The van der Waals surface area contributed by atoms with Gasteiger partial charge in [0.25, 0.3) is 5.91 Å². The lowest BCUT2D eigenvalue weighted by Crippen LogP contribution is -2.38. The minimum atomic E-state index is -0.301. The molecule has 2 atom stereocenters. The summed E-state index contributed by atoms with van der Waals surface area (Å²) in [5, 5.41) is 3.11. The highest BCUT2D eigenvalue weighted by Crippen LogP contribution is 2.21. The first-order valence-corrected chi connectivity index (χ1v) is 10.7. The maximum Gasteiger partial charge on any atom is 0.308 e. The molecule has 31 heavy (non-hydrogen) atoms. The smallest absolute Gasteiger partial charge is 0.308 e. The van der Waals surface area contributed by atoms with Crippen LogP contribution in [0, 0.1) is 5.92 Å². The molecular weight excluding hydrogens is 386 g/mol. The lowest BCUT2D eigenvalue weighted by Gasteiger charge is -2.22. The summed E-state index contributed by atoms with van der Waals surface area (Å²) in [6, 6.07) is 27.5. The van der Waals surface area contributed by atoms with Gasteiger partial charge in [-0.15, -0.1) is 0 Å². The molecule has 3 aromatic carbocycles. The fraction of sp³-hybridized carbons (Fsp3) is 0.259. The molecule has 0 bridgehead atoms. The monoisotopic (exact) mass is 415 g/mol. The Labute approximate surface area is 184 Å². The zero-order valence-electron chi connectivity index (χ0n) is 18.1. The molecule has 0 fully saturated rings. The summed E-state index contributed by atoms with van der Waals surface area (Å²) in [6.45, 7) is 4.00. The predicted molar refractivity (Wildman–Crippen MR) is 124 cm³/mol. The molecule has 1 N–H and O–H groups in total. The minimum absolute atomic E-state index is 0.137. The Bertz CT molecular complexity index is 968. The molecule has 0 spiro atoms. The largest absolute Gasteiger partial charge is 0.466 e. The van der Waals surface area contributed by atoms with Crippen molar-refractivity contribution in [2.24, 2.45) is 5.92 Å². The van der Waals surface area contributed by atoms with Crippen LogP contribution in [0.25, 0.3) is 11.1 Å². The summed E-state index contributed by atoms with van der Waals surface area (Å²) < 4.78 is 5.16. The van der Waals surface area contributed by atoms with Crippen molar-refractivity contribution in [2.75, 3.05) is 6.61 Å². The second-order valence-electron chi connectivity index (χ2n) is 7.69. The molecule has 0 radical (unpaired) electrons. The van der Waals surface area contributed by atoms with E-state index in [1.807, 2.05) is 43.3 Å². The molecule has 0 aromatic heterocycles. The van der Waals surface area contributed by atoms with E-state index >= 15 is 0 Å². The zero-order valence-corrected chi connectivity index (χ0v) is 18.1. The zero-order chi connectivity index (χ0) is 22.1. The van der Waals surface area contributed by atoms with E-state index in [0.29, 0.717) is 25.0 Å². The van der Waals surface area contributed by atoms with Crippen LogP contribution < -0.4 is 5.32 Å². The molecule has 0 saturated carbocycles. The van der Waals surface area contributed by atoms with Gasteiger partial charge in [-0.25, -0.2) is 0 Å². The summed E-state index contributed by atoms with van der Waals surface area (Å²) >= 11 is 0. The number of amides is 1. The molecule has 4 nitrogen and oxygen atoms in total. The quantitative estimate of drug-likeness (QED) is 0.484. The van der Waals surface area contributed by atoms with Gasteiger partial charge in [-0.3, -0.25) is 9.59 Å². The van der Waals surface area contributed by atoms with Gasteiger partial charge >= 0.3 is 5.97 Å². The Balaban J connectivity index is 1.73. The minimum Gasteiger partial charge on any atom is -0.466 e. The molecule has 1 amide bonds. The number of hydrogen-bond acceptors (Lipinski definition) is 3. The number of carbonyl (C=O) groups excluding carboxylic acids is 2. The number of nitrogens with one attached hydrogen (secondary N) is 1. The SMILES string of the molecule is CCOC(=O)[C@H](C)C[C@@H](Cc1ccc(-c2ccccc2)cc1)NC(=O)c1ccccc1. The highest BCUT2D eigenvalue weighted by Gasteiger charge is 2.22. The van der Waals surface area contributed by atoms with E-state index in [2.05, 4.69) is 41.7 Å². The number of hydrogen-bond donors (Lipinski definition) is 1. The van der Waals surface area contributed by atoms with E-state index in [0.717, 1.165) is 11.1 Å². The maximum absolute atomic E-state index is 12.7. The van der Waals surface area contributed by atoms with E-state index in [-0.39, 0.29) is 23.8 Å². The van der Waals surface area contributed by atoms with Gasteiger partial charge in [0.15, 0.2) is 0 Å². The molecule has 0 heterocycles. The topological polar surface area (TPSA) is 55.4 Å². The van der Waals surface area contributed by atoms with Gasteiger partial charge in [0.05, 0.1) is 12.5 Å². The second kappa shape index (κ2) is 11.1. The van der Waals surface area contributed by atoms with Crippen molar-refractivity contribution in [3.63, 3.8) is 0 Å². The van der Waals surface area contributed by atoms with Crippen molar-refractivity contribution in [3.05, 3.63) is 96.1 Å². The third-order valence-corrected chi connectivity index (χ3v) is 5.24. The van der Waals surface area contributed by atoms with Crippen molar-refractivity contribution in [3.8, 4) is 11.1 Å². The van der Waals surface area contributed by atoms with Crippen LogP contribution in [0.2, 0.25) is 0 Å². The van der Waals surface area contributed by atoms with Crippen LogP contribution in [-0.2, 0) is 16.0 Å². The van der Waals surface area contributed by atoms with Crippen LogP contribution in [-0.4, -0.2) is 24.5 Å². The Morgan fingerprint density at radius 3 is 2.03 bits per heavy atom. The predicted octanol–water partition coefficient (Wildman–Crippen LogP) is 5.28. The van der Waals surface area contributed by atoms with E-state index in [1.54, 1.807) is 19.1 Å². The van der Waals surface area contributed by atoms with Gasteiger partial charge in [0, 0.05) is 11.6 Å². The average Bonchev–Trinajstić information content (AvgIpc) is 2.80. The number of benzene rings is 3. The fourth-order valence-electron chi connectivity index (χ4n) is 3.61. The summed E-state index contributed by atoms with van der Waals surface area (Å²) in [5.41, 5.74) is 4.03. The van der Waals surface area contributed by atoms with Crippen LogP contribution >= 0.6 is 0 Å². The Morgan fingerprint density at radius 2 is 1.42 bits per heavy atom. The lowest BCUT2D eigenvalue weighted by atomic mass is 9.94. The first kappa shape index (κ1) is 22.3. The van der Waals surface area contributed by atoms with Crippen molar-refractivity contribution in [2.45, 2.75) is 32.7 Å². The molecule has 0 saturated heterocycles. The molecule has 0 aliphatic carbocycles. The van der Waals surface area contributed by atoms with Crippen molar-refractivity contribution in [1.29, 1.82) is 0 Å². The van der Waals surface area contributed by atoms with Crippen LogP contribution in [0.5, 0.6) is 0 Å². The van der Waals surface area contributed by atoms with E-state index < -0.39 is 0 Å². The Hall–Kier alpha value is -3.40. The van der Waals surface area contributed by atoms with Crippen LogP contribution in [0.15, 0.2) is 84.9 Å².